The Morgan fingerprint density at radius 1 is 1.21 bits per heavy atom. The Morgan fingerprint density at radius 2 is 2.04 bits per heavy atom. The zero-order chi connectivity index (χ0) is 19.7. The van der Waals surface area contributed by atoms with Crippen LogP contribution in [0.25, 0.3) is 21.7 Å². The van der Waals surface area contributed by atoms with E-state index >= 15 is 0 Å². The van der Waals surface area contributed by atoms with Crippen molar-refractivity contribution in [2.24, 2.45) is 0 Å². The standard InChI is InChI=1S/C21H19N3O3S/c1-4-15-12(2)18(14-8-5-6-9-16(14)22-15)21(25)26-13(3)19-23-24-20(27-19)17-10-7-11-28-17/h5-11,13H,4H2,1-3H3/t13-/m0/s1. The SMILES string of the molecule is CCc1nc2ccccc2c(C(=O)O[C@@H](C)c2nnc(-c3cccs3)o2)c1C. The second kappa shape index (κ2) is 7.52. The van der Waals surface area contributed by atoms with E-state index in [0.717, 1.165) is 33.5 Å². The van der Waals surface area contributed by atoms with Crippen LogP contribution in [0.3, 0.4) is 0 Å². The number of fused-ring (bicyclic) bond motifs is 1. The molecule has 0 aliphatic heterocycles. The van der Waals surface area contributed by atoms with E-state index in [0.29, 0.717) is 11.5 Å². The van der Waals surface area contributed by atoms with E-state index in [4.69, 9.17) is 9.15 Å². The maximum absolute atomic E-state index is 13.0. The molecule has 0 fully saturated rings. The highest BCUT2D eigenvalue weighted by atomic mass is 32.1. The number of aromatic nitrogens is 3. The number of esters is 1. The van der Waals surface area contributed by atoms with Crippen LogP contribution >= 0.6 is 11.3 Å². The van der Waals surface area contributed by atoms with Gasteiger partial charge in [0, 0.05) is 11.1 Å². The fraction of sp³-hybridized carbons (Fsp3) is 0.238. The zero-order valence-electron chi connectivity index (χ0n) is 15.8. The van der Waals surface area contributed by atoms with Crippen molar-refractivity contribution in [1.29, 1.82) is 0 Å². The number of rotatable bonds is 5. The van der Waals surface area contributed by atoms with Gasteiger partial charge in [0.2, 0.25) is 0 Å². The molecule has 0 aliphatic carbocycles. The Balaban J connectivity index is 1.64. The van der Waals surface area contributed by atoms with E-state index in [9.17, 15) is 4.79 Å². The number of carbonyl (C=O) groups excluding carboxylic acids is 1. The summed E-state index contributed by atoms with van der Waals surface area (Å²) in [5.74, 6) is 0.268. The van der Waals surface area contributed by atoms with Gasteiger partial charge in [0.25, 0.3) is 11.8 Å². The first-order valence-electron chi connectivity index (χ1n) is 9.05. The fourth-order valence-electron chi connectivity index (χ4n) is 3.13. The third-order valence-electron chi connectivity index (χ3n) is 4.58. The number of benzene rings is 1. The molecule has 0 N–H and O–H groups in total. The molecule has 0 saturated heterocycles. The minimum absolute atomic E-state index is 0.267. The smallest absolute Gasteiger partial charge is 0.339 e. The summed E-state index contributed by atoms with van der Waals surface area (Å²) in [5.41, 5.74) is 3.04. The number of pyridine rings is 1. The lowest BCUT2D eigenvalue weighted by Gasteiger charge is -2.15. The number of hydrogen-bond acceptors (Lipinski definition) is 7. The van der Waals surface area contributed by atoms with Gasteiger partial charge in [-0.2, -0.15) is 0 Å². The van der Waals surface area contributed by atoms with E-state index in [-0.39, 0.29) is 5.89 Å². The summed E-state index contributed by atoms with van der Waals surface area (Å²) in [4.78, 5) is 18.6. The number of thiophene rings is 1. The van der Waals surface area contributed by atoms with Crippen LogP contribution < -0.4 is 0 Å². The molecule has 4 rings (SSSR count). The summed E-state index contributed by atoms with van der Waals surface area (Å²) in [5, 5.41) is 10.8. The number of aryl methyl sites for hydroxylation is 1. The van der Waals surface area contributed by atoms with Crippen LogP contribution in [-0.4, -0.2) is 21.2 Å². The summed E-state index contributed by atoms with van der Waals surface area (Å²) in [6.07, 6.45) is 0.0745. The molecular weight excluding hydrogens is 374 g/mol. The van der Waals surface area contributed by atoms with Crippen LogP contribution in [0.1, 0.15) is 47.5 Å². The van der Waals surface area contributed by atoms with Crippen molar-refractivity contribution in [3.05, 3.63) is 64.5 Å². The maximum atomic E-state index is 13.0. The number of ether oxygens (including phenoxy) is 1. The fourth-order valence-corrected chi connectivity index (χ4v) is 3.78. The first-order valence-corrected chi connectivity index (χ1v) is 9.93. The molecule has 142 valence electrons. The zero-order valence-corrected chi connectivity index (χ0v) is 16.6. The highest BCUT2D eigenvalue weighted by Crippen LogP contribution is 2.28. The van der Waals surface area contributed by atoms with Gasteiger partial charge in [0.15, 0.2) is 6.10 Å². The summed E-state index contributed by atoms with van der Waals surface area (Å²) in [6, 6.07) is 11.4. The first-order chi connectivity index (χ1) is 13.6. The normalized spacial score (nSPS) is 12.2. The van der Waals surface area contributed by atoms with E-state index in [1.54, 1.807) is 6.92 Å². The van der Waals surface area contributed by atoms with Crippen LogP contribution in [-0.2, 0) is 11.2 Å². The first kappa shape index (κ1) is 18.3. The van der Waals surface area contributed by atoms with Crippen molar-refractivity contribution < 1.29 is 13.9 Å². The van der Waals surface area contributed by atoms with Crippen LogP contribution in [0.5, 0.6) is 0 Å². The molecule has 0 aliphatic rings. The Hall–Kier alpha value is -3.06. The average Bonchev–Trinajstić information content (AvgIpc) is 3.38. The molecule has 0 saturated carbocycles. The van der Waals surface area contributed by atoms with Gasteiger partial charge in [-0.1, -0.05) is 31.2 Å². The summed E-state index contributed by atoms with van der Waals surface area (Å²) in [6.45, 7) is 5.65. The molecule has 7 heteroatoms. The van der Waals surface area contributed by atoms with Crippen molar-refractivity contribution in [3.63, 3.8) is 0 Å². The monoisotopic (exact) mass is 393 g/mol. The van der Waals surface area contributed by atoms with Crippen molar-refractivity contribution in [1.82, 2.24) is 15.2 Å². The van der Waals surface area contributed by atoms with Gasteiger partial charge in [-0.15, -0.1) is 21.5 Å². The van der Waals surface area contributed by atoms with E-state index < -0.39 is 12.1 Å². The second-order valence-electron chi connectivity index (χ2n) is 6.40. The third-order valence-corrected chi connectivity index (χ3v) is 5.44. The number of hydrogen-bond donors (Lipinski definition) is 0. The van der Waals surface area contributed by atoms with Gasteiger partial charge in [-0.05, 0) is 43.3 Å². The number of carbonyl (C=O) groups is 1. The Labute approximate surface area is 166 Å². The minimum atomic E-state index is -0.662. The van der Waals surface area contributed by atoms with Crippen LogP contribution in [0, 0.1) is 6.92 Å². The lowest BCUT2D eigenvalue weighted by atomic mass is 10.0. The quantitative estimate of drug-likeness (QED) is 0.437. The molecule has 3 aromatic heterocycles. The number of nitrogens with zero attached hydrogens (tertiary/aromatic N) is 3. The molecule has 6 nitrogen and oxygen atoms in total. The van der Waals surface area contributed by atoms with Crippen molar-refractivity contribution in [2.75, 3.05) is 0 Å². The Morgan fingerprint density at radius 3 is 2.79 bits per heavy atom. The van der Waals surface area contributed by atoms with Crippen LogP contribution in [0.2, 0.25) is 0 Å². The van der Waals surface area contributed by atoms with Gasteiger partial charge in [0.1, 0.15) is 0 Å². The highest BCUT2D eigenvalue weighted by molar-refractivity contribution is 7.13. The van der Waals surface area contributed by atoms with Crippen molar-refractivity contribution in [3.8, 4) is 10.8 Å². The minimum Gasteiger partial charge on any atom is -0.449 e. The summed E-state index contributed by atoms with van der Waals surface area (Å²) >= 11 is 1.51. The van der Waals surface area contributed by atoms with Gasteiger partial charge in [0.05, 0.1) is 16.0 Å². The predicted octanol–water partition coefficient (Wildman–Crippen LogP) is 5.14. The van der Waals surface area contributed by atoms with Crippen LogP contribution in [0.15, 0.2) is 46.2 Å². The van der Waals surface area contributed by atoms with E-state index in [1.165, 1.54) is 11.3 Å². The van der Waals surface area contributed by atoms with Gasteiger partial charge < -0.3 is 9.15 Å². The topological polar surface area (TPSA) is 78.1 Å². The molecule has 1 atom stereocenters. The van der Waals surface area contributed by atoms with E-state index in [2.05, 4.69) is 15.2 Å². The van der Waals surface area contributed by atoms with Crippen molar-refractivity contribution in [2.45, 2.75) is 33.3 Å². The second-order valence-corrected chi connectivity index (χ2v) is 7.35. The molecule has 28 heavy (non-hydrogen) atoms. The highest BCUT2D eigenvalue weighted by Gasteiger charge is 2.24. The summed E-state index contributed by atoms with van der Waals surface area (Å²) in [7, 11) is 0. The van der Waals surface area contributed by atoms with Gasteiger partial charge >= 0.3 is 5.97 Å². The molecular formula is C21H19N3O3S. The molecule has 0 bridgehead atoms. The summed E-state index contributed by atoms with van der Waals surface area (Å²) < 4.78 is 11.4. The lowest BCUT2D eigenvalue weighted by Crippen LogP contribution is -2.13. The maximum Gasteiger partial charge on any atom is 0.339 e. The third kappa shape index (κ3) is 3.29. The Bertz CT molecular complexity index is 1140. The molecule has 0 unspecified atom stereocenters. The molecule has 4 aromatic rings. The Kier molecular flexibility index (Phi) is 4.92. The lowest BCUT2D eigenvalue weighted by molar-refractivity contribution is 0.0281. The van der Waals surface area contributed by atoms with Crippen LogP contribution in [0.4, 0.5) is 0 Å². The number of para-hydroxylation sites is 1. The molecule has 1 aromatic carbocycles. The molecule has 0 amide bonds. The van der Waals surface area contributed by atoms with Gasteiger partial charge in [-0.3, -0.25) is 4.98 Å². The predicted molar refractivity (Wildman–Crippen MR) is 107 cm³/mol. The molecule has 3 heterocycles. The average molecular weight is 393 g/mol. The van der Waals surface area contributed by atoms with E-state index in [1.807, 2.05) is 55.6 Å². The largest absolute Gasteiger partial charge is 0.449 e. The van der Waals surface area contributed by atoms with Gasteiger partial charge in [-0.25, -0.2) is 4.79 Å². The molecule has 0 spiro atoms. The van der Waals surface area contributed by atoms with Crippen molar-refractivity contribution >= 4 is 28.2 Å². The molecule has 0 radical (unpaired) electrons.